The summed E-state index contributed by atoms with van der Waals surface area (Å²) in [5.41, 5.74) is 0.865. The second-order valence-corrected chi connectivity index (χ2v) is 15.1. The maximum atomic E-state index is 12.7. The number of alkyl halides is 2. The Morgan fingerprint density at radius 1 is 1.28 bits per heavy atom. The fourth-order valence-electron chi connectivity index (χ4n) is 2.41. The molecular formula is C19H36F2IN3O3Si. The lowest BCUT2D eigenvalue weighted by Crippen LogP contribution is -2.41. The number of rotatable bonds is 11. The van der Waals surface area contributed by atoms with Crippen molar-refractivity contribution in [1.29, 1.82) is 0 Å². The summed E-state index contributed by atoms with van der Waals surface area (Å²) in [4.78, 5) is 1.67. The molecule has 0 amide bonds. The van der Waals surface area contributed by atoms with E-state index in [2.05, 4.69) is 61.6 Å². The third-order valence-corrected chi connectivity index (χ3v) is 10.7. The molecular weight excluding hydrogens is 511 g/mol. The maximum absolute atomic E-state index is 12.7. The smallest absolute Gasteiger partial charge is 0.265 e. The van der Waals surface area contributed by atoms with Crippen LogP contribution in [0.2, 0.25) is 18.1 Å². The number of halogens is 3. The summed E-state index contributed by atoms with van der Waals surface area (Å²) in [6.45, 7) is 16.2. The zero-order chi connectivity index (χ0) is 22.6. The predicted octanol–water partition coefficient (Wildman–Crippen LogP) is 4.35. The molecule has 1 unspecified atom stereocenters. The van der Waals surface area contributed by atoms with E-state index in [1.54, 1.807) is 11.9 Å². The van der Waals surface area contributed by atoms with Gasteiger partial charge in [-0.2, -0.15) is 0 Å². The molecule has 0 aromatic carbocycles. The molecule has 0 radical (unpaired) electrons. The first kappa shape index (κ1) is 26.7. The van der Waals surface area contributed by atoms with Gasteiger partial charge in [0, 0.05) is 13.1 Å². The molecule has 0 spiro atoms. The number of nitrogens with zero attached hydrogens (tertiary/aromatic N) is 3. The highest BCUT2D eigenvalue weighted by Crippen LogP contribution is 2.36. The summed E-state index contributed by atoms with van der Waals surface area (Å²) in [5.74, 6) is 0.533. The van der Waals surface area contributed by atoms with Crippen LogP contribution in [0.15, 0.2) is 0 Å². The SMILES string of the molecule is CC(C)Oc1nn(CCO[Si](C)(C)C(C)(C)C)c(CN(C)CC(O)C(F)F)c1I. The maximum Gasteiger partial charge on any atom is 0.265 e. The van der Waals surface area contributed by atoms with E-state index in [0.717, 1.165) is 9.26 Å². The van der Waals surface area contributed by atoms with Crippen molar-refractivity contribution in [2.24, 2.45) is 0 Å². The minimum atomic E-state index is -2.76. The van der Waals surface area contributed by atoms with Gasteiger partial charge in [0.2, 0.25) is 5.88 Å². The second kappa shape index (κ2) is 10.8. The molecule has 0 bridgehead atoms. The van der Waals surface area contributed by atoms with Crippen LogP contribution < -0.4 is 4.74 Å². The predicted molar refractivity (Wildman–Crippen MR) is 122 cm³/mol. The van der Waals surface area contributed by atoms with Crippen molar-refractivity contribution in [3.05, 3.63) is 9.26 Å². The summed E-state index contributed by atoms with van der Waals surface area (Å²) in [6.07, 6.45) is -4.47. The first-order chi connectivity index (χ1) is 13.2. The van der Waals surface area contributed by atoms with Crippen LogP contribution in [0.1, 0.15) is 40.3 Å². The molecule has 1 atom stereocenters. The highest BCUT2D eigenvalue weighted by Gasteiger charge is 2.37. The van der Waals surface area contributed by atoms with Crippen LogP contribution in [0.3, 0.4) is 0 Å². The van der Waals surface area contributed by atoms with Gasteiger partial charge in [-0.3, -0.25) is 9.58 Å². The van der Waals surface area contributed by atoms with Gasteiger partial charge in [-0.05, 0) is 61.6 Å². The van der Waals surface area contributed by atoms with Crippen molar-refractivity contribution in [3.8, 4) is 5.88 Å². The van der Waals surface area contributed by atoms with Gasteiger partial charge in [-0.25, -0.2) is 8.78 Å². The van der Waals surface area contributed by atoms with Crippen molar-refractivity contribution in [3.63, 3.8) is 0 Å². The number of hydrogen-bond donors (Lipinski definition) is 1. The van der Waals surface area contributed by atoms with Crippen LogP contribution in [0.25, 0.3) is 0 Å². The molecule has 6 nitrogen and oxygen atoms in total. The van der Waals surface area contributed by atoms with Crippen molar-refractivity contribution in [2.75, 3.05) is 20.2 Å². The van der Waals surface area contributed by atoms with Gasteiger partial charge in [0.15, 0.2) is 8.32 Å². The van der Waals surface area contributed by atoms with Crippen molar-refractivity contribution in [1.82, 2.24) is 14.7 Å². The second-order valence-electron chi connectivity index (χ2n) is 9.16. The largest absolute Gasteiger partial charge is 0.473 e. The van der Waals surface area contributed by atoms with Gasteiger partial charge in [0.1, 0.15) is 6.10 Å². The van der Waals surface area contributed by atoms with Gasteiger partial charge < -0.3 is 14.3 Å². The molecule has 1 aromatic heterocycles. The van der Waals surface area contributed by atoms with Crippen LogP contribution >= 0.6 is 22.6 Å². The molecule has 0 saturated carbocycles. The van der Waals surface area contributed by atoms with Crippen LogP contribution in [-0.2, 0) is 17.5 Å². The van der Waals surface area contributed by atoms with E-state index in [0.29, 0.717) is 25.6 Å². The third-order valence-electron chi connectivity index (χ3n) is 5.09. The van der Waals surface area contributed by atoms with E-state index in [4.69, 9.17) is 9.16 Å². The van der Waals surface area contributed by atoms with Gasteiger partial charge in [-0.15, -0.1) is 5.10 Å². The van der Waals surface area contributed by atoms with E-state index >= 15 is 0 Å². The number of aliphatic hydroxyl groups excluding tert-OH is 1. The average molecular weight is 548 g/mol. The Balaban J connectivity index is 2.97. The van der Waals surface area contributed by atoms with Crippen molar-refractivity contribution < 1.29 is 23.1 Å². The number of likely N-dealkylation sites (N-methyl/N-ethyl adjacent to an activating group) is 1. The van der Waals surface area contributed by atoms with E-state index in [1.807, 2.05) is 18.5 Å². The fourth-order valence-corrected chi connectivity index (χ4v) is 4.13. The lowest BCUT2D eigenvalue weighted by molar-refractivity contribution is -0.0210. The molecule has 1 rings (SSSR count). The van der Waals surface area contributed by atoms with E-state index < -0.39 is 20.8 Å². The summed E-state index contributed by atoms with van der Waals surface area (Å²) in [5, 5.41) is 14.2. The summed E-state index contributed by atoms with van der Waals surface area (Å²) in [6, 6.07) is 0. The zero-order valence-electron chi connectivity index (χ0n) is 18.8. The monoisotopic (exact) mass is 547 g/mol. The van der Waals surface area contributed by atoms with Crippen LogP contribution in [0, 0.1) is 3.57 Å². The highest BCUT2D eigenvalue weighted by atomic mass is 127. The highest BCUT2D eigenvalue weighted by molar-refractivity contribution is 14.1. The number of aliphatic hydroxyl groups is 1. The molecule has 29 heavy (non-hydrogen) atoms. The fraction of sp³-hybridized carbons (Fsp3) is 0.842. The van der Waals surface area contributed by atoms with Crippen molar-refractivity contribution in [2.45, 2.75) is 84.5 Å². The van der Waals surface area contributed by atoms with Crippen LogP contribution in [-0.4, -0.2) is 66.9 Å². The Labute approximate surface area is 188 Å². The Morgan fingerprint density at radius 2 is 1.86 bits per heavy atom. The van der Waals surface area contributed by atoms with E-state index in [9.17, 15) is 13.9 Å². The Hall–Kier alpha value is -0.303. The standard InChI is InChI=1S/C19H36F2IN3O3Si/c1-13(2)28-18-16(22)14(11-24(6)12-15(26)17(20)21)25(23-18)9-10-27-29(7,8)19(3,4)5/h13,15,17,26H,9-12H2,1-8H3. The quantitative estimate of drug-likeness (QED) is 0.330. The number of aromatic nitrogens is 2. The van der Waals surface area contributed by atoms with Gasteiger partial charge >= 0.3 is 0 Å². The lowest BCUT2D eigenvalue weighted by Gasteiger charge is -2.36. The number of hydrogen-bond acceptors (Lipinski definition) is 5. The molecule has 0 aliphatic rings. The molecule has 1 heterocycles. The molecule has 1 N–H and O–H groups in total. The Kier molecular flexibility index (Phi) is 9.98. The minimum Gasteiger partial charge on any atom is -0.473 e. The molecule has 0 aliphatic heterocycles. The lowest BCUT2D eigenvalue weighted by atomic mass is 10.2. The first-order valence-electron chi connectivity index (χ1n) is 9.86. The number of ether oxygens (including phenoxy) is 1. The molecule has 0 fully saturated rings. The normalized spacial score (nSPS) is 14.3. The Bertz CT molecular complexity index is 651. The van der Waals surface area contributed by atoms with Crippen LogP contribution in [0.5, 0.6) is 5.88 Å². The zero-order valence-corrected chi connectivity index (χ0v) is 22.0. The van der Waals surface area contributed by atoms with Gasteiger partial charge in [-0.1, -0.05) is 20.8 Å². The van der Waals surface area contributed by atoms with Crippen LogP contribution in [0.4, 0.5) is 8.78 Å². The van der Waals surface area contributed by atoms with E-state index in [-0.39, 0.29) is 17.7 Å². The van der Waals surface area contributed by atoms with Crippen molar-refractivity contribution >= 4 is 30.9 Å². The topological polar surface area (TPSA) is 59.8 Å². The average Bonchev–Trinajstić information content (AvgIpc) is 2.81. The molecule has 170 valence electrons. The summed E-state index contributed by atoms with van der Waals surface area (Å²) < 4.78 is 40.1. The van der Waals surface area contributed by atoms with Gasteiger partial charge in [0.25, 0.3) is 6.43 Å². The first-order valence-corrected chi connectivity index (χ1v) is 13.8. The molecule has 10 heteroatoms. The Morgan fingerprint density at radius 3 is 2.34 bits per heavy atom. The van der Waals surface area contributed by atoms with E-state index in [1.165, 1.54) is 0 Å². The summed E-state index contributed by atoms with van der Waals surface area (Å²) in [7, 11) is -0.174. The molecule has 1 aromatic rings. The molecule has 0 aliphatic carbocycles. The minimum absolute atomic E-state index is 0.0263. The third kappa shape index (κ3) is 8.04. The van der Waals surface area contributed by atoms with Gasteiger partial charge in [0.05, 0.1) is 28.5 Å². The molecule has 0 saturated heterocycles. The summed E-state index contributed by atoms with van der Waals surface area (Å²) >= 11 is 2.18.